The highest BCUT2D eigenvalue weighted by Gasteiger charge is 2.04. The number of benzene rings is 1. The molecule has 0 bridgehead atoms. The molecule has 0 unspecified atom stereocenters. The molecule has 0 aliphatic heterocycles. The Bertz CT molecular complexity index is 535. The van der Waals surface area contributed by atoms with Crippen LogP contribution in [0.5, 0.6) is 0 Å². The molecule has 0 aliphatic rings. The van der Waals surface area contributed by atoms with Crippen molar-refractivity contribution in [1.29, 1.82) is 5.26 Å². The van der Waals surface area contributed by atoms with Gasteiger partial charge in [-0.3, -0.25) is 4.57 Å². The number of imidazole rings is 1. The van der Waals surface area contributed by atoms with Crippen LogP contribution in [-0.2, 0) is 0 Å². The maximum atomic E-state index is 8.80. The monoisotopic (exact) mass is 199 g/mol. The molecule has 1 aromatic carbocycles. The van der Waals surface area contributed by atoms with E-state index in [1.54, 1.807) is 35.2 Å². The minimum Gasteiger partial charge on any atom is -0.397 e. The van der Waals surface area contributed by atoms with Gasteiger partial charge in [-0.2, -0.15) is 5.26 Å². The summed E-state index contributed by atoms with van der Waals surface area (Å²) in [6.45, 7) is 0. The van der Waals surface area contributed by atoms with Gasteiger partial charge in [0.15, 0.2) is 0 Å². The van der Waals surface area contributed by atoms with Crippen molar-refractivity contribution in [2.24, 2.45) is 0 Å². The van der Waals surface area contributed by atoms with Crippen molar-refractivity contribution >= 4 is 11.4 Å². The van der Waals surface area contributed by atoms with Gasteiger partial charge in [-0.1, -0.05) is 0 Å². The molecule has 1 heterocycles. The first kappa shape index (κ1) is 9.09. The second-order valence-corrected chi connectivity index (χ2v) is 3.05. The Labute approximate surface area is 86.6 Å². The van der Waals surface area contributed by atoms with Gasteiger partial charge < -0.3 is 11.5 Å². The van der Waals surface area contributed by atoms with E-state index in [-0.39, 0.29) is 0 Å². The number of nitrogen functional groups attached to an aromatic ring is 2. The summed E-state index contributed by atoms with van der Waals surface area (Å²) in [5.41, 5.74) is 13.1. The van der Waals surface area contributed by atoms with E-state index < -0.39 is 0 Å². The topological polar surface area (TPSA) is 93.6 Å². The number of hydrogen-bond acceptors (Lipinski definition) is 4. The van der Waals surface area contributed by atoms with Gasteiger partial charge in [-0.15, -0.1) is 0 Å². The minimum absolute atomic E-state index is 0.319. The lowest BCUT2D eigenvalue weighted by molar-refractivity contribution is 1.02. The molecule has 0 atom stereocenters. The van der Waals surface area contributed by atoms with Crippen molar-refractivity contribution in [3.8, 4) is 11.8 Å². The van der Waals surface area contributed by atoms with Crippen LogP contribution in [0.25, 0.3) is 5.69 Å². The summed E-state index contributed by atoms with van der Waals surface area (Å²) in [7, 11) is 0. The molecule has 74 valence electrons. The van der Waals surface area contributed by atoms with Gasteiger partial charge >= 0.3 is 0 Å². The molecule has 0 saturated carbocycles. The van der Waals surface area contributed by atoms with E-state index in [1.807, 2.05) is 6.07 Å². The second kappa shape index (κ2) is 3.35. The zero-order chi connectivity index (χ0) is 10.8. The maximum absolute atomic E-state index is 8.80. The summed E-state index contributed by atoms with van der Waals surface area (Å²) in [6.07, 6.45) is 3.26. The first-order chi connectivity index (χ1) is 7.22. The highest BCUT2D eigenvalue weighted by molar-refractivity contribution is 5.66. The Morgan fingerprint density at radius 3 is 2.73 bits per heavy atom. The Kier molecular flexibility index (Phi) is 2.03. The van der Waals surface area contributed by atoms with Gasteiger partial charge in [0.1, 0.15) is 6.07 Å². The zero-order valence-electron chi connectivity index (χ0n) is 7.88. The van der Waals surface area contributed by atoms with Crippen molar-refractivity contribution in [1.82, 2.24) is 9.55 Å². The zero-order valence-corrected chi connectivity index (χ0v) is 7.88. The molecule has 0 aliphatic carbocycles. The average molecular weight is 199 g/mol. The molecule has 5 heteroatoms. The van der Waals surface area contributed by atoms with E-state index >= 15 is 0 Å². The van der Waals surface area contributed by atoms with E-state index in [2.05, 4.69) is 4.98 Å². The summed E-state index contributed by atoms with van der Waals surface area (Å²) in [5, 5.41) is 8.80. The summed E-state index contributed by atoms with van der Waals surface area (Å²) < 4.78 is 1.65. The van der Waals surface area contributed by atoms with Crippen LogP contribution in [-0.4, -0.2) is 9.55 Å². The Balaban J connectivity index is 2.56. The predicted molar refractivity (Wildman–Crippen MR) is 57.1 cm³/mol. The molecule has 2 aromatic rings. The largest absolute Gasteiger partial charge is 0.397 e. The highest BCUT2D eigenvalue weighted by Crippen LogP contribution is 2.19. The SMILES string of the molecule is N#Cc1nccn1-c1ccc(N)c(N)c1. The third-order valence-corrected chi connectivity index (χ3v) is 2.09. The number of hydrogen-bond donors (Lipinski definition) is 2. The predicted octanol–water partition coefficient (Wildman–Crippen LogP) is 0.908. The van der Waals surface area contributed by atoms with Gasteiger partial charge in [0, 0.05) is 18.1 Å². The normalized spacial score (nSPS) is 9.80. The fourth-order valence-corrected chi connectivity index (χ4v) is 1.31. The summed E-state index contributed by atoms with van der Waals surface area (Å²) in [6, 6.07) is 7.18. The van der Waals surface area contributed by atoms with Crippen LogP contribution in [0.2, 0.25) is 0 Å². The third kappa shape index (κ3) is 1.48. The van der Waals surface area contributed by atoms with E-state index in [0.717, 1.165) is 5.69 Å². The van der Waals surface area contributed by atoms with Gasteiger partial charge in [0.2, 0.25) is 5.82 Å². The number of nitrogens with two attached hydrogens (primary N) is 2. The summed E-state index contributed by atoms with van der Waals surface area (Å²) in [5.74, 6) is 0.319. The van der Waals surface area contributed by atoms with E-state index in [9.17, 15) is 0 Å². The Morgan fingerprint density at radius 1 is 1.27 bits per heavy atom. The first-order valence-electron chi connectivity index (χ1n) is 4.31. The summed E-state index contributed by atoms with van der Waals surface area (Å²) >= 11 is 0. The highest BCUT2D eigenvalue weighted by atomic mass is 15.1. The van der Waals surface area contributed by atoms with Crippen LogP contribution in [0.4, 0.5) is 11.4 Å². The molecule has 0 saturated heterocycles. The third-order valence-electron chi connectivity index (χ3n) is 2.09. The standard InChI is InChI=1S/C10H9N5/c11-6-10-14-3-4-15(10)7-1-2-8(12)9(13)5-7/h1-5H,12-13H2. The van der Waals surface area contributed by atoms with E-state index in [1.165, 1.54) is 0 Å². The molecule has 4 N–H and O–H groups in total. The average Bonchev–Trinajstić information content (AvgIpc) is 2.70. The minimum atomic E-state index is 0.319. The Morgan fingerprint density at radius 2 is 2.07 bits per heavy atom. The smallest absolute Gasteiger partial charge is 0.217 e. The van der Waals surface area contributed by atoms with Gasteiger partial charge in [-0.25, -0.2) is 4.98 Å². The fourth-order valence-electron chi connectivity index (χ4n) is 1.31. The fraction of sp³-hybridized carbons (Fsp3) is 0. The summed E-state index contributed by atoms with van der Waals surface area (Å²) in [4.78, 5) is 3.89. The molecule has 1 aromatic heterocycles. The number of nitriles is 1. The van der Waals surface area contributed by atoms with Crippen molar-refractivity contribution < 1.29 is 0 Å². The van der Waals surface area contributed by atoms with Crippen LogP contribution in [0, 0.1) is 11.3 Å². The molecular formula is C10H9N5. The number of nitrogens with zero attached hydrogens (tertiary/aromatic N) is 3. The van der Waals surface area contributed by atoms with Crippen LogP contribution >= 0.6 is 0 Å². The van der Waals surface area contributed by atoms with Crippen molar-refractivity contribution in [2.75, 3.05) is 11.5 Å². The quantitative estimate of drug-likeness (QED) is 0.667. The molecule has 0 spiro atoms. The molecule has 0 amide bonds. The molecule has 2 rings (SSSR count). The van der Waals surface area contributed by atoms with E-state index in [0.29, 0.717) is 17.2 Å². The Hall–Kier alpha value is -2.48. The van der Waals surface area contributed by atoms with Gasteiger partial charge in [0.05, 0.1) is 11.4 Å². The number of aromatic nitrogens is 2. The molecule has 0 radical (unpaired) electrons. The maximum Gasteiger partial charge on any atom is 0.217 e. The lowest BCUT2D eigenvalue weighted by Gasteiger charge is -2.06. The lowest BCUT2D eigenvalue weighted by Crippen LogP contribution is -2.00. The van der Waals surface area contributed by atoms with E-state index in [4.69, 9.17) is 16.7 Å². The van der Waals surface area contributed by atoms with Gasteiger partial charge in [-0.05, 0) is 18.2 Å². The number of rotatable bonds is 1. The van der Waals surface area contributed by atoms with Crippen LogP contribution < -0.4 is 11.5 Å². The molecule has 0 fully saturated rings. The first-order valence-corrected chi connectivity index (χ1v) is 4.31. The van der Waals surface area contributed by atoms with Crippen molar-refractivity contribution in [3.05, 3.63) is 36.4 Å². The van der Waals surface area contributed by atoms with Crippen molar-refractivity contribution in [3.63, 3.8) is 0 Å². The second-order valence-electron chi connectivity index (χ2n) is 3.05. The van der Waals surface area contributed by atoms with Gasteiger partial charge in [0.25, 0.3) is 0 Å². The number of anilines is 2. The van der Waals surface area contributed by atoms with Crippen LogP contribution in [0.3, 0.4) is 0 Å². The van der Waals surface area contributed by atoms with Crippen LogP contribution in [0.1, 0.15) is 5.82 Å². The van der Waals surface area contributed by atoms with Crippen molar-refractivity contribution in [2.45, 2.75) is 0 Å². The molecule has 15 heavy (non-hydrogen) atoms. The van der Waals surface area contributed by atoms with Crippen LogP contribution in [0.15, 0.2) is 30.6 Å². The lowest BCUT2D eigenvalue weighted by atomic mass is 10.2. The molecular weight excluding hydrogens is 190 g/mol. The molecule has 5 nitrogen and oxygen atoms in total.